The second-order valence-electron chi connectivity index (χ2n) is 2.77. The number of thiophene rings is 1. The van der Waals surface area contributed by atoms with Crippen LogP contribution in [0, 0.1) is 0 Å². The normalized spacial score (nSPS) is 22.3. The predicted octanol–water partition coefficient (Wildman–Crippen LogP) is 1.74. The first kappa shape index (κ1) is 8.77. The van der Waals surface area contributed by atoms with Crippen LogP contribution in [0.2, 0.25) is 0 Å². The molecular formula is C8H9NO2S2. The fraction of sp³-hybridized carbons (Fsp3) is 0.250. The molecule has 2 rings (SSSR count). The maximum atomic E-state index is 11.7. The van der Waals surface area contributed by atoms with Gasteiger partial charge in [-0.3, -0.25) is 4.31 Å². The van der Waals surface area contributed by atoms with Crippen LogP contribution < -0.4 is 0 Å². The molecule has 0 spiro atoms. The Balaban J connectivity index is 2.80. The van der Waals surface area contributed by atoms with Gasteiger partial charge in [0.1, 0.15) is 4.21 Å². The van der Waals surface area contributed by atoms with E-state index >= 15 is 0 Å². The van der Waals surface area contributed by atoms with Crippen molar-refractivity contribution in [2.24, 2.45) is 0 Å². The molecule has 0 unspecified atom stereocenters. The lowest BCUT2D eigenvalue weighted by molar-refractivity contribution is 0.556. The fourth-order valence-electron chi connectivity index (χ4n) is 1.45. The van der Waals surface area contributed by atoms with E-state index in [1.165, 1.54) is 15.6 Å². The van der Waals surface area contributed by atoms with Gasteiger partial charge < -0.3 is 0 Å². The van der Waals surface area contributed by atoms with E-state index in [1.807, 2.05) is 19.1 Å². The number of allylic oxidation sites excluding steroid dienone is 1. The molecule has 1 aromatic rings. The first-order chi connectivity index (χ1) is 6.09. The zero-order valence-electron chi connectivity index (χ0n) is 7.31. The van der Waals surface area contributed by atoms with E-state index in [9.17, 15) is 8.42 Å². The molecule has 1 aliphatic rings. The van der Waals surface area contributed by atoms with E-state index in [-0.39, 0.29) is 0 Å². The molecule has 0 amide bonds. The van der Waals surface area contributed by atoms with Crippen molar-refractivity contribution in [3.8, 4) is 0 Å². The molecule has 5 heteroatoms. The summed E-state index contributed by atoms with van der Waals surface area (Å²) in [7, 11) is -1.64. The second kappa shape index (κ2) is 2.59. The van der Waals surface area contributed by atoms with Crippen molar-refractivity contribution in [3.63, 3.8) is 0 Å². The molecule has 0 saturated carbocycles. The molecule has 0 atom stereocenters. The predicted molar refractivity (Wildman–Crippen MR) is 52.9 cm³/mol. The molecule has 0 saturated heterocycles. The van der Waals surface area contributed by atoms with Crippen molar-refractivity contribution < 1.29 is 8.42 Å². The lowest BCUT2D eigenvalue weighted by atomic mass is 10.2. The summed E-state index contributed by atoms with van der Waals surface area (Å²) in [4.78, 5) is 0. The summed E-state index contributed by atoms with van der Waals surface area (Å²) >= 11 is 1.27. The zero-order chi connectivity index (χ0) is 9.64. The van der Waals surface area contributed by atoms with Crippen LogP contribution in [0.25, 0.3) is 5.70 Å². The Hall–Kier alpha value is -0.810. The lowest BCUT2D eigenvalue weighted by Crippen LogP contribution is -2.17. The average Bonchev–Trinajstić information content (AvgIpc) is 2.59. The third-order valence-electron chi connectivity index (χ3n) is 2.11. The maximum Gasteiger partial charge on any atom is 0.274 e. The van der Waals surface area contributed by atoms with Gasteiger partial charge in [0.05, 0.1) is 5.70 Å². The number of sulfonamides is 1. The van der Waals surface area contributed by atoms with Gasteiger partial charge in [-0.15, -0.1) is 11.3 Å². The van der Waals surface area contributed by atoms with E-state index in [4.69, 9.17) is 0 Å². The Kier molecular flexibility index (Phi) is 1.75. The monoisotopic (exact) mass is 215 g/mol. The number of nitrogens with zero attached hydrogens (tertiary/aromatic N) is 1. The van der Waals surface area contributed by atoms with Crippen molar-refractivity contribution in [1.82, 2.24) is 4.31 Å². The Labute approximate surface area is 81.4 Å². The number of hydrogen-bond acceptors (Lipinski definition) is 3. The molecule has 0 bridgehead atoms. The minimum absolute atomic E-state index is 0.461. The smallest absolute Gasteiger partial charge is 0.268 e. The molecule has 0 fully saturated rings. The molecule has 1 aromatic heterocycles. The zero-order valence-corrected chi connectivity index (χ0v) is 8.95. The van der Waals surface area contributed by atoms with Crippen molar-refractivity contribution in [2.75, 3.05) is 7.05 Å². The van der Waals surface area contributed by atoms with Gasteiger partial charge in [0.2, 0.25) is 0 Å². The second-order valence-corrected chi connectivity index (χ2v) is 5.85. The van der Waals surface area contributed by atoms with Crippen LogP contribution >= 0.6 is 11.3 Å². The Bertz CT molecular complexity index is 470. The van der Waals surface area contributed by atoms with Gasteiger partial charge in [0, 0.05) is 12.6 Å². The van der Waals surface area contributed by atoms with Crippen LogP contribution in [-0.4, -0.2) is 19.8 Å². The third-order valence-corrected chi connectivity index (χ3v) is 5.35. The van der Waals surface area contributed by atoms with Gasteiger partial charge >= 0.3 is 0 Å². The topological polar surface area (TPSA) is 37.4 Å². The Morgan fingerprint density at radius 2 is 2.23 bits per heavy atom. The quantitative estimate of drug-likeness (QED) is 0.661. The molecular weight excluding hydrogens is 206 g/mol. The van der Waals surface area contributed by atoms with Gasteiger partial charge in [-0.1, -0.05) is 6.08 Å². The summed E-state index contributed by atoms with van der Waals surface area (Å²) in [6.45, 7) is 1.84. The van der Waals surface area contributed by atoms with Crippen LogP contribution in [0.5, 0.6) is 0 Å². The summed E-state index contributed by atoms with van der Waals surface area (Å²) in [5, 5.41) is 1.80. The van der Waals surface area contributed by atoms with Crippen LogP contribution in [0.15, 0.2) is 21.7 Å². The van der Waals surface area contributed by atoms with Gasteiger partial charge in [0.25, 0.3) is 10.0 Å². The molecule has 0 radical (unpaired) electrons. The molecule has 3 nitrogen and oxygen atoms in total. The van der Waals surface area contributed by atoms with Crippen LogP contribution in [0.3, 0.4) is 0 Å². The van der Waals surface area contributed by atoms with E-state index < -0.39 is 10.0 Å². The van der Waals surface area contributed by atoms with Gasteiger partial charge in [-0.25, -0.2) is 8.42 Å². The lowest BCUT2D eigenvalue weighted by Gasteiger charge is -2.11. The largest absolute Gasteiger partial charge is 0.274 e. The van der Waals surface area contributed by atoms with Crippen LogP contribution in [0.4, 0.5) is 0 Å². The van der Waals surface area contributed by atoms with E-state index in [0.717, 1.165) is 11.3 Å². The molecule has 13 heavy (non-hydrogen) atoms. The van der Waals surface area contributed by atoms with Crippen molar-refractivity contribution >= 4 is 27.1 Å². The minimum Gasteiger partial charge on any atom is -0.268 e. The van der Waals surface area contributed by atoms with Crippen LogP contribution in [0.1, 0.15) is 12.5 Å². The van der Waals surface area contributed by atoms with Crippen molar-refractivity contribution in [2.45, 2.75) is 11.1 Å². The van der Waals surface area contributed by atoms with E-state index in [2.05, 4.69) is 0 Å². The van der Waals surface area contributed by atoms with Crippen LogP contribution in [-0.2, 0) is 10.0 Å². The van der Waals surface area contributed by atoms with Crippen molar-refractivity contribution in [3.05, 3.63) is 23.1 Å². The van der Waals surface area contributed by atoms with E-state index in [0.29, 0.717) is 4.21 Å². The highest BCUT2D eigenvalue weighted by Crippen LogP contribution is 2.40. The third kappa shape index (κ3) is 0.971. The summed E-state index contributed by atoms with van der Waals surface area (Å²) in [6, 6.07) is 1.84. The summed E-state index contributed by atoms with van der Waals surface area (Å²) in [6.07, 6.45) is 1.82. The van der Waals surface area contributed by atoms with E-state index in [1.54, 1.807) is 12.4 Å². The standard InChI is InChI=1S/C8H9NO2S2/c1-3-7-6-4-5-12-8(6)13(10,11)9(7)2/h3-5H,1-2H3/b7-3+. The van der Waals surface area contributed by atoms with Gasteiger partial charge in [-0.05, 0) is 18.4 Å². The highest BCUT2D eigenvalue weighted by atomic mass is 32.2. The first-order valence-corrected chi connectivity index (χ1v) is 6.14. The summed E-state index contributed by atoms with van der Waals surface area (Å²) in [5.74, 6) is 0. The molecule has 70 valence electrons. The Morgan fingerprint density at radius 1 is 1.54 bits per heavy atom. The molecule has 0 aliphatic carbocycles. The summed E-state index contributed by atoms with van der Waals surface area (Å²) in [5.41, 5.74) is 1.60. The maximum absolute atomic E-state index is 11.7. The molecule has 2 heterocycles. The number of rotatable bonds is 0. The highest BCUT2D eigenvalue weighted by Gasteiger charge is 2.36. The SMILES string of the molecule is C/C=C1\c2ccsc2S(=O)(=O)N1C. The highest BCUT2D eigenvalue weighted by molar-refractivity contribution is 7.92. The molecule has 0 N–H and O–H groups in total. The first-order valence-electron chi connectivity index (χ1n) is 3.82. The fourth-order valence-corrected chi connectivity index (χ4v) is 4.22. The number of hydrogen-bond donors (Lipinski definition) is 0. The number of fused-ring (bicyclic) bond motifs is 1. The molecule has 1 aliphatic heterocycles. The average molecular weight is 215 g/mol. The summed E-state index contributed by atoms with van der Waals surface area (Å²) < 4.78 is 25.2. The minimum atomic E-state index is -3.22. The van der Waals surface area contributed by atoms with Gasteiger partial charge in [0.15, 0.2) is 0 Å². The van der Waals surface area contributed by atoms with Gasteiger partial charge in [-0.2, -0.15) is 0 Å². The molecule has 0 aromatic carbocycles. The van der Waals surface area contributed by atoms with Crippen molar-refractivity contribution in [1.29, 1.82) is 0 Å². The Morgan fingerprint density at radius 3 is 2.85 bits per heavy atom.